The van der Waals surface area contributed by atoms with Crippen LogP contribution in [0.1, 0.15) is 17.3 Å². The molecule has 0 unspecified atom stereocenters. The van der Waals surface area contributed by atoms with E-state index in [1.165, 1.54) is 33.2 Å². The summed E-state index contributed by atoms with van der Waals surface area (Å²) in [5.74, 6) is -0.759. The lowest BCUT2D eigenvalue weighted by molar-refractivity contribution is -0.127. The molecule has 0 saturated heterocycles. The summed E-state index contributed by atoms with van der Waals surface area (Å²) in [7, 11) is 2.88. The van der Waals surface area contributed by atoms with Gasteiger partial charge in [0.25, 0.3) is 5.91 Å². The fraction of sp³-hybridized carbons (Fsp3) is 0.308. The van der Waals surface area contributed by atoms with Gasteiger partial charge in [0.1, 0.15) is 5.75 Å². The van der Waals surface area contributed by atoms with Gasteiger partial charge in [-0.05, 0) is 31.2 Å². The summed E-state index contributed by atoms with van der Waals surface area (Å²) in [6.45, 7) is 1.37. The summed E-state index contributed by atoms with van der Waals surface area (Å²) in [6.07, 6.45) is -1.08. The zero-order valence-corrected chi connectivity index (χ0v) is 11.4. The lowest BCUT2D eigenvalue weighted by Crippen LogP contribution is -2.43. The Balaban J connectivity index is 2.60. The Kier molecular flexibility index (Phi) is 5.52. The third-order valence-electron chi connectivity index (χ3n) is 2.44. The van der Waals surface area contributed by atoms with Crippen molar-refractivity contribution in [2.45, 2.75) is 13.0 Å². The fourth-order valence-corrected chi connectivity index (χ4v) is 1.29. The number of nitrogens with one attached hydrogen (secondary N) is 2. The first kappa shape index (κ1) is 15.5. The van der Waals surface area contributed by atoms with E-state index in [-0.39, 0.29) is 5.56 Å². The van der Waals surface area contributed by atoms with Crippen molar-refractivity contribution in [2.24, 2.45) is 0 Å². The molecule has 0 spiro atoms. The largest absolute Gasteiger partial charge is 0.497 e. The van der Waals surface area contributed by atoms with Crippen LogP contribution in [-0.4, -0.2) is 38.2 Å². The number of hydrogen-bond donors (Lipinski definition) is 2. The second-order valence-corrected chi connectivity index (χ2v) is 3.84. The van der Waals surface area contributed by atoms with Crippen LogP contribution in [0.2, 0.25) is 0 Å². The Labute approximate surface area is 116 Å². The molecule has 1 aromatic carbocycles. The van der Waals surface area contributed by atoms with E-state index >= 15 is 0 Å². The number of carbonyl (C=O) groups excluding carboxylic acids is 3. The van der Waals surface area contributed by atoms with Crippen LogP contribution in [0.3, 0.4) is 0 Å². The lowest BCUT2D eigenvalue weighted by atomic mass is 10.2. The molecule has 0 aromatic heterocycles. The van der Waals surface area contributed by atoms with Gasteiger partial charge in [0.05, 0.1) is 12.7 Å². The first-order chi connectivity index (χ1) is 9.47. The maximum absolute atomic E-state index is 11.8. The zero-order valence-electron chi connectivity index (χ0n) is 11.4. The number of amides is 3. The molecule has 7 heteroatoms. The van der Waals surface area contributed by atoms with Gasteiger partial charge in [-0.2, -0.15) is 0 Å². The molecule has 0 bridgehead atoms. The number of urea groups is 1. The Morgan fingerprint density at radius 1 is 1.15 bits per heavy atom. The average Bonchev–Trinajstić information content (AvgIpc) is 2.46. The molecule has 0 aliphatic heterocycles. The molecule has 0 aliphatic carbocycles. The Morgan fingerprint density at radius 3 is 2.25 bits per heavy atom. The number of hydrogen-bond acceptors (Lipinski definition) is 5. The number of ether oxygens (including phenoxy) is 2. The average molecular weight is 280 g/mol. The molecule has 0 radical (unpaired) electrons. The van der Waals surface area contributed by atoms with Crippen LogP contribution in [0, 0.1) is 0 Å². The summed E-state index contributed by atoms with van der Waals surface area (Å²) in [5.41, 5.74) is 0.283. The third kappa shape index (κ3) is 4.27. The van der Waals surface area contributed by atoms with E-state index in [2.05, 4.69) is 5.32 Å². The minimum Gasteiger partial charge on any atom is -0.497 e. The predicted octanol–water partition coefficient (Wildman–Crippen LogP) is 0.696. The van der Waals surface area contributed by atoms with Crippen LogP contribution < -0.4 is 15.4 Å². The van der Waals surface area contributed by atoms with Crippen molar-refractivity contribution >= 4 is 17.9 Å². The smallest absolute Gasteiger partial charge is 0.338 e. The van der Waals surface area contributed by atoms with E-state index in [0.717, 1.165) is 0 Å². The standard InChI is InChI=1S/C13H16N2O5/c1-8(11(16)15-13(18)14-2)20-12(17)9-4-6-10(19-3)7-5-9/h4-8H,1-3H3,(H2,14,15,16,18)/t8-/m1/s1. The van der Waals surface area contributed by atoms with Crippen molar-refractivity contribution in [3.05, 3.63) is 29.8 Å². The first-order valence-electron chi connectivity index (χ1n) is 5.85. The molecular formula is C13H16N2O5. The van der Waals surface area contributed by atoms with Crippen LogP contribution in [0.4, 0.5) is 4.79 Å². The summed E-state index contributed by atoms with van der Waals surface area (Å²) in [4.78, 5) is 34.2. The quantitative estimate of drug-likeness (QED) is 0.792. The number of imide groups is 1. The van der Waals surface area contributed by atoms with Crippen molar-refractivity contribution < 1.29 is 23.9 Å². The topological polar surface area (TPSA) is 93.7 Å². The summed E-state index contributed by atoms with van der Waals surface area (Å²) in [6, 6.07) is 5.58. The minimum atomic E-state index is -1.08. The van der Waals surface area contributed by atoms with Crippen LogP contribution >= 0.6 is 0 Å². The number of benzene rings is 1. The minimum absolute atomic E-state index is 0.283. The number of rotatable bonds is 4. The van der Waals surface area contributed by atoms with Gasteiger partial charge in [-0.1, -0.05) is 0 Å². The van der Waals surface area contributed by atoms with Gasteiger partial charge in [-0.3, -0.25) is 10.1 Å². The maximum atomic E-state index is 11.8. The Morgan fingerprint density at radius 2 is 1.75 bits per heavy atom. The van der Waals surface area contributed by atoms with Gasteiger partial charge in [0.15, 0.2) is 6.10 Å². The molecule has 7 nitrogen and oxygen atoms in total. The fourth-order valence-electron chi connectivity index (χ4n) is 1.29. The van der Waals surface area contributed by atoms with E-state index in [0.29, 0.717) is 5.75 Å². The molecule has 0 saturated carbocycles. The molecule has 0 aliphatic rings. The maximum Gasteiger partial charge on any atom is 0.338 e. The highest BCUT2D eigenvalue weighted by Gasteiger charge is 2.20. The molecule has 3 amide bonds. The van der Waals surface area contributed by atoms with Gasteiger partial charge >= 0.3 is 12.0 Å². The molecular weight excluding hydrogens is 264 g/mol. The Bertz CT molecular complexity index is 498. The van der Waals surface area contributed by atoms with E-state index in [1.54, 1.807) is 12.1 Å². The molecule has 108 valence electrons. The van der Waals surface area contributed by atoms with E-state index in [9.17, 15) is 14.4 Å². The lowest BCUT2D eigenvalue weighted by Gasteiger charge is -2.12. The van der Waals surface area contributed by atoms with Gasteiger partial charge < -0.3 is 14.8 Å². The van der Waals surface area contributed by atoms with Gasteiger partial charge in [-0.15, -0.1) is 0 Å². The molecule has 0 heterocycles. The summed E-state index contributed by atoms with van der Waals surface area (Å²) < 4.78 is 9.91. The normalized spacial score (nSPS) is 11.2. The Hall–Kier alpha value is -2.57. The first-order valence-corrected chi connectivity index (χ1v) is 5.85. The zero-order chi connectivity index (χ0) is 15.1. The van der Waals surface area contributed by atoms with E-state index in [1.807, 2.05) is 5.32 Å². The van der Waals surface area contributed by atoms with Crippen LogP contribution in [0.25, 0.3) is 0 Å². The second kappa shape index (κ2) is 7.13. The van der Waals surface area contributed by atoms with Crippen molar-refractivity contribution in [2.75, 3.05) is 14.2 Å². The van der Waals surface area contributed by atoms with Crippen molar-refractivity contribution in [1.29, 1.82) is 0 Å². The monoisotopic (exact) mass is 280 g/mol. The van der Waals surface area contributed by atoms with E-state index in [4.69, 9.17) is 9.47 Å². The van der Waals surface area contributed by atoms with Gasteiger partial charge in [0.2, 0.25) is 0 Å². The summed E-state index contributed by atoms with van der Waals surface area (Å²) >= 11 is 0. The van der Waals surface area contributed by atoms with Crippen molar-refractivity contribution in [3.8, 4) is 5.75 Å². The molecule has 0 fully saturated rings. The van der Waals surface area contributed by atoms with Crippen LogP contribution in [-0.2, 0) is 9.53 Å². The number of methoxy groups -OCH3 is 1. The highest BCUT2D eigenvalue weighted by molar-refractivity contribution is 5.98. The second-order valence-electron chi connectivity index (χ2n) is 3.84. The summed E-state index contributed by atoms with van der Waals surface area (Å²) in [5, 5.41) is 4.24. The molecule has 2 N–H and O–H groups in total. The molecule has 1 atom stereocenters. The third-order valence-corrected chi connectivity index (χ3v) is 2.44. The van der Waals surface area contributed by atoms with Crippen molar-refractivity contribution in [1.82, 2.24) is 10.6 Å². The molecule has 20 heavy (non-hydrogen) atoms. The number of esters is 1. The predicted molar refractivity (Wildman–Crippen MR) is 70.5 cm³/mol. The van der Waals surface area contributed by atoms with E-state index < -0.39 is 24.0 Å². The van der Waals surface area contributed by atoms with Crippen LogP contribution in [0.5, 0.6) is 5.75 Å². The van der Waals surface area contributed by atoms with Gasteiger partial charge in [0, 0.05) is 7.05 Å². The highest BCUT2D eigenvalue weighted by atomic mass is 16.5. The SMILES string of the molecule is CNC(=O)NC(=O)[C@@H](C)OC(=O)c1ccc(OC)cc1. The molecule has 1 aromatic rings. The highest BCUT2D eigenvalue weighted by Crippen LogP contribution is 2.12. The van der Waals surface area contributed by atoms with Gasteiger partial charge in [-0.25, -0.2) is 9.59 Å². The molecule has 1 rings (SSSR count). The number of carbonyl (C=O) groups is 3. The van der Waals surface area contributed by atoms with Crippen LogP contribution in [0.15, 0.2) is 24.3 Å². The van der Waals surface area contributed by atoms with Crippen molar-refractivity contribution in [3.63, 3.8) is 0 Å².